The van der Waals surface area contributed by atoms with Gasteiger partial charge in [-0.05, 0) is 24.6 Å². The first-order valence-electron chi connectivity index (χ1n) is 9.56. The summed E-state index contributed by atoms with van der Waals surface area (Å²) in [5, 5.41) is 10.1. The molecule has 7 heteroatoms. The molecule has 156 valence electrons. The fraction of sp³-hybridized carbons (Fsp3) is 0.167. The van der Waals surface area contributed by atoms with Crippen molar-refractivity contribution in [3.63, 3.8) is 0 Å². The first kappa shape index (κ1) is 20.5. The first-order chi connectivity index (χ1) is 14.7. The van der Waals surface area contributed by atoms with Crippen LogP contribution in [-0.4, -0.2) is 9.13 Å². The van der Waals surface area contributed by atoms with Gasteiger partial charge in [-0.1, -0.05) is 48.0 Å². The quantitative estimate of drug-likeness (QED) is 0.453. The molecule has 0 saturated heterocycles. The van der Waals surface area contributed by atoms with E-state index in [1.165, 1.54) is 10.6 Å². The van der Waals surface area contributed by atoms with Gasteiger partial charge in [-0.15, -0.1) is 0 Å². The Labute approximate surface area is 176 Å². The highest BCUT2D eigenvalue weighted by Gasteiger charge is 2.36. The van der Waals surface area contributed by atoms with Crippen molar-refractivity contribution in [2.75, 3.05) is 0 Å². The third-order valence-corrected chi connectivity index (χ3v) is 5.35. The molecular formula is C24H18F3N3O. The Kier molecular flexibility index (Phi) is 4.94. The number of alkyl halides is 3. The van der Waals surface area contributed by atoms with Crippen molar-refractivity contribution < 1.29 is 13.2 Å². The zero-order valence-corrected chi connectivity index (χ0v) is 16.9. The SMILES string of the molecule is Cc1ccc(Cn2c(-c3cn(C)c4ccccc34)cc(C(F)(F)F)c(C#N)c2=O)cc1. The molecule has 0 unspecified atom stereocenters. The fourth-order valence-electron chi connectivity index (χ4n) is 3.78. The maximum Gasteiger partial charge on any atom is 0.417 e. The summed E-state index contributed by atoms with van der Waals surface area (Å²) in [6.07, 6.45) is -3.12. The molecule has 0 amide bonds. The predicted molar refractivity (Wildman–Crippen MR) is 113 cm³/mol. The summed E-state index contributed by atoms with van der Waals surface area (Å²) in [7, 11) is 1.79. The van der Waals surface area contributed by atoms with Crippen molar-refractivity contribution in [1.82, 2.24) is 9.13 Å². The number of hydrogen-bond acceptors (Lipinski definition) is 2. The summed E-state index contributed by atoms with van der Waals surface area (Å²) in [5.41, 5.74) is 0.136. The second kappa shape index (κ2) is 7.47. The second-order valence-electron chi connectivity index (χ2n) is 7.48. The minimum atomic E-state index is -4.83. The van der Waals surface area contributed by atoms with Gasteiger partial charge in [0.15, 0.2) is 0 Å². The van der Waals surface area contributed by atoms with Gasteiger partial charge in [-0.2, -0.15) is 18.4 Å². The minimum absolute atomic E-state index is 0.0461. The Hall–Kier alpha value is -3.79. The van der Waals surface area contributed by atoms with Crippen LogP contribution < -0.4 is 5.56 Å². The zero-order valence-electron chi connectivity index (χ0n) is 16.9. The minimum Gasteiger partial charge on any atom is -0.350 e. The van der Waals surface area contributed by atoms with Crippen molar-refractivity contribution in [1.29, 1.82) is 5.26 Å². The van der Waals surface area contributed by atoms with Crippen LogP contribution in [0, 0.1) is 18.3 Å². The first-order valence-corrected chi connectivity index (χ1v) is 9.56. The van der Waals surface area contributed by atoms with Crippen molar-refractivity contribution in [2.24, 2.45) is 7.05 Å². The van der Waals surface area contributed by atoms with Crippen LogP contribution >= 0.6 is 0 Å². The topological polar surface area (TPSA) is 50.7 Å². The van der Waals surface area contributed by atoms with Gasteiger partial charge in [-0.25, -0.2) is 0 Å². The van der Waals surface area contributed by atoms with E-state index in [2.05, 4.69) is 0 Å². The monoisotopic (exact) mass is 421 g/mol. The lowest BCUT2D eigenvalue weighted by molar-refractivity contribution is -0.137. The number of hydrogen-bond donors (Lipinski definition) is 0. The molecule has 0 fully saturated rings. The third-order valence-electron chi connectivity index (χ3n) is 5.35. The standard InChI is InChI=1S/C24H18F3N3O/c1-15-7-9-16(10-8-15)13-30-22(11-20(24(25,26)27)18(12-28)23(30)31)19-14-29(2)21-6-4-3-5-17(19)21/h3-11,14H,13H2,1-2H3. The average Bonchev–Trinajstić information content (AvgIpc) is 3.06. The Morgan fingerprint density at radius 1 is 1.06 bits per heavy atom. The summed E-state index contributed by atoms with van der Waals surface area (Å²) in [5.74, 6) is 0. The van der Waals surface area contributed by atoms with Crippen LogP contribution in [0.15, 0.2) is 65.6 Å². The highest BCUT2D eigenvalue weighted by molar-refractivity contribution is 5.95. The Balaban J connectivity index is 2.06. The van der Waals surface area contributed by atoms with Crippen LogP contribution in [0.25, 0.3) is 22.2 Å². The maximum atomic E-state index is 13.7. The fourth-order valence-corrected chi connectivity index (χ4v) is 3.78. The highest BCUT2D eigenvalue weighted by atomic mass is 19.4. The molecule has 31 heavy (non-hydrogen) atoms. The lowest BCUT2D eigenvalue weighted by Gasteiger charge is -2.17. The van der Waals surface area contributed by atoms with Crippen LogP contribution in [0.1, 0.15) is 22.3 Å². The molecule has 0 aliphatic rings. The lowest BCUT2D eigenvalue weighted by Crippen LogP contribution is -2.28. The summed E-state index contributed by atoms with van der Waals surface area (Å²) >= 11 is 0. The van der Waals surface area contributed by atoms with Crippen molar-refractivity contribution in [2.45, 2.75) is 19.6 Å². The van der Waals surface area contributed by atoms with E-state index in [9.17, 15) is 23.2 Å². The summed E-state index contributed by atoms with van der Waals surface area (Å²) in [4.78, 5) is 13.1. The smallest absolute Gasteiger partial charge is 0.350 e. The molecule has 2 heterocycles. The van der Waals surface area contributed by atoms with Gasteiger partial charge >= 0.3 is 6.18 Å². The molecule has 4 nitrogen and oxygen atoms in total. The number of nitrogens with zero attached hydrogens (tertiary/aromatic N) is 3. The van der Waals surface area contributed by atoms with Gasteiger partial charge in [0.1, 0.15) is 11.6 Å². The molecule has 0 saturated carbocycles. The molecule has 4 aromatic rings. The number of benzene rings is 2. The molecular weight excluding hydrogens is 403 g/mol. The molecule has 0 atom stereocenters. The molecule has 4 rings (SSSR count). The number of halogens is 3. The largest absolute Gasteiger partial charge is 0.417 e. The van der Waals surface area contributed by atoms with E-state index in [1.807, 2.05) is 43.3 Å². The van der Waals surface area contributed by atoms with Gasteiger partial charge in [0, 0.05) is 29.7 Å². The van der Waals surface area contributed by atoms with E-state index >= 15 is 0 Å². The second-order valence-corrected chi connectivity index (χ2v) is 7.48. The van der Waals surface area contributed by atoms with Gasteiger partial charge in [0.2, 0.25) is 0 Å². The van der Waals surface area contributed by atoms with Gasteiger partial charge in [-0.3, -0.25) is 4.79 Å². The van der Waals surface area contributed by atoms with Gasteiger partial charge in [0.05, 0.1) is 17.8 Å². The van der Waals surface area contributed by atoms with Crippen molar-refractivity contribution in [3.05, 3.63) is 93.4 Å². The normalized spacial score (nSPS) is 11.6. The van der Waals surface area contributed by atoms with Crippen LogP contribution in [0.5, 0.6) is 0 Å². The molecule has 0 spiro atoms. The number of fused-ring (bicyclic) bond motifs is 1. The summed E-state index contributed by atoms with van der Waals surface area (Å²) in [6, 6.07) is 17.0. The third kappa shape index (κ3) is 3.61. The molecule has 0 aliphatic heterocycles. The number of aromatic nitrogens is 2. The predicted octanol–water partition coefficient (Wildman–Crippen LogP) is 5.25. The van der Waals surface area contributed by atoms with Crippen LogP contribution in [0.2, 0.25) is 0 Å². The zero-order chi connectivity index (χ0) is 22.3. The lowest BCUT2D eigenvalue weighted by atomic mass is 10.0. The average molecular weight is 421 g/mol. The number of rotatable bonds is 3. The summed E-state index contributed by atoms with van der Waals surface area (Å²) < 4.78 is 44.2. The van der Waals surface area contributed by atoms with Crippen LogP contribution in [0.4, 0.5) is 13.2 Å². The van der Waals surface area contributed by atoms with E-state index in [-0.39, 0.29) is 12.2 Å². The van der Waals surface area contributed by atoms with E-state index in [0.29, 0.717) is 5.56 Å². The van der Waals surface area contributed by atoms with Crippen molar-refractivity contribution in [3.8, 4) is 17.3 Å². The summed E-state index contributed by atoms with van der Waals surface area (Å²) in [6.45, 7) is 1.97. The molecule has 2 aromatic carbocycles. The van der Waals surface area contributed by atoms with Crippen LogP contribution in [0.3, 0.4) is 0 Å². The molecule has 0 aliphatic carbocycles. The van der Waals surface area contributed by atoms with E-state index < -0.39 is 22.9 Å². The Morgan fingerprint density at radius 3 is 2.39 bits per heavy atom. The Bertz CT molecular complexity index is 1390. The highest BCUT2D eigenvalue weighted by Crippen LogP contribution is 2.36. The molecule has 2 aromatic heterocycles. The van der Waals surface area contributed by atoms with Gasteiger partial charge in [0.25, 0.3) is 5.56 Å². The van der Waals surface area contributed by atoms with E-state index in [0.717, 1.165) is 28.1 Å². The van der Waals surface area contributed by atoms with E-state index in [1.54, 1.807) is 29.9 Å². The molecule has 0 bridgehead atoms. The van der Waals surface area contributed by atoms with Crippen LogP contribution in [-0.2, 0) is 19.8 Å². The number of nitriles is 1. The number of aryl methyl sites for hydroxylation is 2. The Morgan fingerprint density at radius 2 is 1.74 bits per heavy atom. The molecule has 0 N–H and O–H groups in total. The van der Waals surface area contributed by atoms with E-state index in [4.69, 9.17) is 0 Å². The number of para-hydroxylation sites is 1. The maximum absolute atomic E-state index is 13.7. The number of pyridine rings is 1. The molecule has 0 radical (unpaired) electrons. The van der Waals surface area contributed by atoms with Crippen molar-refractivity contribution >= 4 is 10.9 Å². The van der Waals surface area contributed by atoms with Gasteiger partial charge < -0.3 is 9.13 Å².